The lowest BCUT2D eigenvalue weighted by molar-refractivity contribution is 0.230. The molecule has 0 heterocycles. The highest BCUT2D eigenvalue weighted by atomic mass is 14.8. The van der Waals surface area contributed by atoms with Crippen LogP contribution in [0.15, 0.2) is 0 Å². The van der Waals surface area contributed by atoms with Crippen molar-refractivity contribution in [2.45, 2.75) is 47.0 Å². The number of hydrogen-bond acceptors (Lipinski definition) is 1. The van der Waals surface area contributed by atoms with E-state index in [4.69, 9.17) is 0 Å². The normalized spacial score (nSPS) is 18.8. The molecule has 0 aliphatic rings. The molecule has 0 rings (SSSR count). The summed E-state index contributed by atoms with van der Waals surface area (Å²) in [7, 11) is 2.05. The first-order chi connectivity index (χ1) is 5.58. The van der Waals surface area contributed by atoms with Crippen LogP contribution in [0.5, 0.6) is 0 Å². The van der Waals surface area contributed by atoms with E-state index in [0.29, 0.717) is 5.41 Å². The van der Waals surface area contributed by atoms with E-state index in [1.807, 2.05) is 7.05 Å². The van der Waals surface area contributed by atoms with E-state index in [-0.39, 0.29) is 0 Å². The van der Waals surface area contributed by atoms with Crippen molar-refractivity contribution in [2.24, 2.45) is 11.3 Å². The molecule has 2 unspecified atom stereocenters. The molecule has 0 aliphatic heterocycles. The summed E-state index contributed by atoms with van der Waals surface area (Å²) in [6.45, 7) is 10.5. The van der Waals surface area contributed by atoms with Gasteiger partial charge in [-0.05, 0) is 31.2 Å². The fourth-order valence-corrected chi connectivity index (χ4v) is 1.75. The van der Waals surface area contributed by atoms with Gasteiger partial charge in [-0.2, -0.15) is 0 Å². The highest BCUT2D eigenvalue weighted by molar-refractivity contribution is 4.76. The van der Waals surface area contributed by atoms with Gasteiger partial charge in [-0.25, -0.2) is 0 Å². The Kier molecular flexibility index (Phi) is 5.56. The summed E-state index contributed by atoms with van der Waals surface area (Å²) in [6, 6.07) is 0. The Morgan fingerprint density at radius 2 is 1.92 bits per heavy atom. The monoisotopic (exact) mass is 171 g/mol. The van der Waals surface area contributed by atoms with Crippen LogP contribution in [-0.4, -0.2) is 13.6 Å². The molecular formula is C11H25N. The molecule has 0 aromatic rings. The Morgan fingerprint density at radius 1 is 1.33 bits per heavy atom. The van der Waals surface area contributed by atoms with Gasteiger partial charge in [-0.3, -0.25) is 0 Å². The number of nitrogens with one attached hydrogen (secondary N) is 1. The van der Waals surface area contributed by atoms with Crippen LogP contribution in [0, 0.1) is 11.3 Å². The van der Waals surface area contributed by atoms with E-state index in [9.17, 15) is 0 Å². The quantitative estimate of drug-likeness (QED) is 0.647. The lowest BCUT2D eigenvalue weighted by Crippen LogP contribution is -2.30. The second-order valence-corrected chi connectivity index (χ2v) is 4.41. The minimum absolute atomic E-state index is 0.504. The molecule has 1 N–H and O–H groups in total. The van der Waals surface area contributed by atoms with Gasteiger partial charge in [0.2, 0.25) is 0 Å². The minimum Gasteiger partial charge on any atom is -0.319 e. The topological polar surface area (TPSA) is 12.0 Å². The van der Waals surface area contributed by atoms with Crippen LogP contribution >= 0.6 is 0 Å². The van der Waals surface area contributed by atoms with Crippen LogP contribution in [-0.2, 0) is 0 Å². The van der Waals surface area contributed by atoms with Gasteiger partial charge >= 0.3 is 0 Å². The van der Waals surface area contributed by atoms with Crippen LogP contribution in [0.4, 0.5) is 0 Å². The van der Waals surface area contributed by atoms with E-state index in [0.717, 1.165) is 12.5 Å². The molecule has 0 aromatic heterocycles. The van der Waals surface area contributed by atoms with Crippen molar-refractivity contribution in [3.63, 3.8) is 0 Å². The molecule has 0 spiro atoms. The van der Waals surface area contributed by atoms with Crippen molar-refractivity contribution in [1.29, 1.82) is 0 Å². The fourth-order valence-electron chi connectivity index (χ4n) is 1.75. The van der Waals surface area contributed by atoms with Gasteiger partial charge in [-0.15, -0.1) is 0 Å². The van der Waals surface area contributed by atoms with E-state index >= 15 is 0 Å². The summed E-state index contributed by atoms with van der Waals surface area (Å²) in [5, 5.41) is 3.29. The minimum atomic E-state index is 0.504. The van der Waals surface area contributed by atoms with Gasteiger partial charge in [0.15, 0.2) is 0 Å². The van der Waals surface area contributed by atoms with Crippen molar-refractivity contribution in [2.75, 3.05) is 13.6 Å². The molecule has 1 heteroatoms. The molecule has 0 fully saturated rings. The Hall–Kier alpha value is -0.0400. The molecule has 0 bridgehead atoms. The van der Waals surface area contributed by atoms with Gasteiger partial charge < -0.3 is 5.32 Å². The smallest absolute Gasteiger partial charge is 0.000215 e. The Balaban J connectivity index is 3.94. The van der Waals surface area contributed by atoms with Crippen molar-refractivity contribution in [3.05, 3.63) is 0 Å². The average molecular weight is 171 g/mol. The summed E-state index contributed by atoms with van der Waals surface area (Å²) in [4.78, 5) is 0. The van der Waals surface area contributed by atoms with Crippen LogP contribution < -0.4 is 5.32 Å². The summed E-state index contributed by atoms with van der Waals surface area (Å²) in [5.41, 5.74) is 0.504. The SMILES string of the molecule is CCC(C)CC(C)(CC)CNC. The van der Waals surface area contributed by atoms with Crippen LogP contribution in [0.3, 0.4) is 0 Å². The van der Waals surface area contributed by atoms with Gasteiger partial charge in [0.05, 0.1) is 0 Å². The largest absolute Gasteiger partial charge is 0.319 e. The molecule has 0 aromatic carbocycles. The zero-order chi connectivity index (χ0) is 9.61. The van der Waals surface area contributed by atoms with Crippen molar-refractivity contribution in [1.82, 2.24) is 5.32 Å². The molecule has 12 heavy (non-hydrogen) atoms. The fraction of sp³-hybridized carbons (Fsp3) is 1.00. The van der Waals surface area contributed by atoms with Crippen LogP contribution in [0.25, 0.3) is 0 Å². The van der Waals surface area contributed by atoms with Gasteiger partial charge in [-0.1, -0.05) is 34.1 Å². The first kappa shape index (κ1) is 12.0. The summed E-state index contributed by atoms with van der Waals surface area (Å²) >= 11 is 0. The van der Waals surface area contributed by atoms with Gasteiger partial charge in [0, 0.05) is 6.54 Å². The van der Waals surface area contributed by atoms with E-state index in [2.05, 4.69) is 33.0 Å². The second-order valence-electron chi connectivity index (χ2n) is 4.41. The zero-order valence-electron chi connectivity index (χ0n) is 9.41. The molecule has 0 amide bonds. The van der Waals surface area contributed by atoms with E-state index in [1.54, 1.807) is 0 Å². The highest BCUT2D eigenvalue weighted by Gasteiger charge is 2.22. The summed E-state index contributed by atoms with van der Waals surface area (Å²) < 4.78 is 0. The third-order valence-electron chi connectivity index (χ3n) is 3.00. The lowest BCUT2D eigenvalue weighted by Gasteiger charge is -2.30. The van der Waals surface area contributed by atoms with Crippen molar-refractivity contribution >= 4 is 0 Å². The zero-order valence-corrected chi connectivity index (χ0v) is 9.41. The molecule has 0 saturated carbocycles. The molecule has 0 aliphatic carbocycles. The average Bonchev–Trinajstić information content (AvgIpc) is 2.05. The highest BCUT2D eigenvalue weighted by Crippen LogP contribution is 2.29. The third kappa shape index (κ3) is 4.10. The molecule has 1 nitrogen and oxygen atoms in total. The maximum atomic E-state index is 3.29. The first-order valence-electron chi connectivity index (χ1n) is 5.22. The summed E-state index contributed by atoms with van der Waals surface area (Å²) in [5.74, 6) is 0.864. The Labute approximate surface area is 77.9 Å². The summed E-state index contributed by atoms with van der Waals surface area (Å²) in [6.07, 6.45) is 3.93. The van der Waals surface area contributed by atoms with E-state index < -0.39 is 0 Å². The van der Waals surface area contributed by atoms with Crippen LogP contribution in [0.2, 0.25) is 0 Å². The van der Waals surface area contributed by atoms with E-state index in [1.165, 1.54) is 19.3 Å². The molecule has 74 valence electrons. The molecule has 0 saturated heterocycles. The van der Waals surface area contributed by atoms with Crippen molar-refractivity contribution < 1.29 is 0 Å². The van der Waals surface area contributed by atoms with Gasteiger partial charge in [0.1, 0.15) is 0 Å². The predicted octanol–water partition coefficient (Wildman–Crippen LogP) is 3.06. The second kappa shape index (κ2) is 5.58. The molecule has 0 radical (unpaired) electrons. The first-order valence-corrected chi connectivity index (χ1v) is 5.22. The standard InChI is InChI=1S/C11H25N/c1-6-10(3)8-11(4,7-2)9-12-5/h10,12H,6-9H2,1-5H3. The lowest BCUT2D eigenvalue weighted by atomic mass is 9.78. The molecular weight excluding hydrogens is 146 g/mol. The third-order valence-corrected chi connectivity index (χ3v) is 3.00. The number of rotatable bonds is 6. The number of hydrogen-bond donors (Lipinski definition) is 1. The predicted molar refractivity (Wildman–Crippen MR) is 56.4 cm³/mol. The Bertz CT molecular complexity index is 112. The van der Waals surface area contributed by atoms with Gasteiger partial charge in [0.25, 0.3) is 0 Å². The molecule has 2 atom stereocenters. The maximum Gasteiger partial charge on any atom is 0.000215 e. The van der Waals surface area contributed by atoms with Crippen LogP contribution in [0.1, 0.15) is 47.0 Å². The van der Waals surface area contributed by atoms with Crippen molar-refractivity contribution in [3.8, 4) is 0 Å². The Morgan fingerprint density at radius 3 is 2.25 bits per heavy atom. The maximum absolute atomic E-state index is 3.29.